The van der Waals surface area contributed by atoms with Crippen LogP contribution >= 0.6 is 0 Å². The van der Waals surface area contributed by atoms with E-state index in [9.17, 15) is 4.79 Å². The van der Waals surface area contributed by atoms with Crippen molar-refractivity contribution >= 4 is 6.29 Å². The fraction of sp³-hybridized carbons (Fsp3) is 0.667. The zero-order valence-corrected chi connectivity index (χ0v) is 11.6. The molecular formula is C15H25NO. The van der Waals surface area contributed by atoms with E-state index in [1.807, 2.05) is 6.07 Å². The number of hydrogen-bond donors (Lipinski definition) is 0. The lowest BCUT2D eigenvalue weighted by Gasteiger charge is -2.22. The van der Waals surface area contributed by atoms with Gasteiger partial charge in [-0.05, 0) is 32.8 Å². The van der Waals surface area contributed by atoms with E-state index in [1.54, 1.807) is 0 Å². The van der Waals surface area contributed by atoms with Crippen molar-refractivity contribution < 1.29 is 4.79 Å². The van der Waals surface area contributed by atoms with E-state index in [4.69, 9.17) is 0 Å². The molecule has 1 heterocycles. The molecule has 0 fully saturated rings. The maximum atomic E-state index is 11.0. The molecule has 1 unspecified atom stereocenters. The molecule has 0 saturated heterocycles. The molecule has 1 atom stereocenters. The van der Waals surface area contributed by atoms with Gasteiger partial charge in [0.05, 0.1) is 0 Å². The summed E-state index contributed by atoms with van der Waals surface area (Å²) in [5.74, 6) is 0. The Morgan fingerprint density at radius 2 is 1.94 bits per heavy atom. The minimum atomic E-state index is 0.564. The van der Waals surface area contributed by atoms with Crippen molar-refractivity contribution in [3.8, 4) is 0 Å². The molecule has 0 aliphatic heterocycles. The van der Waals surface area contributed by atoms with Crippen molar-refractivity contribution in [1.82, 2.24) is 4.57 Å². The summed E-state index contributed by atoms with van der Waals surface area (Å²) in [7, 11) is 0. The quantitative estimate of drug-likeness (QED) is 0.640. The Morgan fingerprint density at radius 1 is 1.24 bits per heavy atom. The van der Waals surface area contributed by atoms with Gasteiger partial charge in [0, 0.05) is 23.0 Å². The molecule has 2 heteroatoms. The molecule has 2 nitrogen and oxygen atoms in total. The van der Waals surface area contributed by atoms with Crippen molar-refractivity contribution in [3.63, 3.8) is 0 Å². The monoisotopic (exact) mass is 235 g/mol. The highest BCUT2D eigenvalue weighted by molar-refractivity contribution is 5.77. The summed E-state index contributed by atoms with van der Waals surface area (Å²) in [5.41, 5.74) is 3.20. The van der Waals surface area contributed by atoms with Crippen molar-refractivity contribution in [2.45, 2.75) is 65.8 Å². The Kier molecular flexibility index (Phi) is 5.46. The van der Waals surface area contributed by atoms with Gasteiger partial charge in [0.25, 0.3) is 0 Å². The smallest absolute Gasteiger partial charge is 0.151 e. The van der Waals surface area contributed by atoms with Crippen molar-refractivity contribution in [2.75, 3.05) is 0 Å². The highest BCUT2D eigenvalue weighted by Crippen LogP contribution is 2.27. The maximum Gasteiger partial charge on any atom is 0.151 e. The molecular weight excluding hydrogens is 210 g/mol. The number of carbonyl (C=O) groups excluding carboxylic acids is 1. The molecule has 0 N–H and O–H groups in total. The van der Waals surface area contributed by atoms with Crippen LogP contribution in [0.1, 0.15) is 73.7 Å². The summed E-state index contributed by atoms with van der Waals surface area (Å²) in [6.07, 6.45) is 7.09. The second-order valence-electron chi connectivity index (χ2n) is 4.90. The number of aromatic nitrogens is 1. The normalized spacial score (nSPS) is 12.7. The van der Waals surface area contributed by atoms with E-state index in [-0.39, 0.29) is 0 Å². The lowest BCUT2D eigenvalue weighted by Crippen LogP contribution is -2.12. The molecule has 0 aliphatic rings. The predicted molar refractivity (Wildman–Crippen MR) is 72.8 cm³/mol. The molecule has 0 spiro atoms. The number of unbranched alkanes of at least 4 members (excludes halogenated alkanes) is 1. The third-order valence-electron chi connectivity index (χ3n) is 3.53. The predicted octanol–water partition coefficient (Wildman–Crippen LogP) is 4.45. The van der Waals surface area contributed by atoms with Crippen LogP contribution in [0.3, 0.4) is 0 Å². The highest BCUT2D eigenvalue weighted by atomic mass is 16.1. The average molecular weight is 235 g/mol. The Morgan fingerprint density at radius 3 is 2.41 bits per heavy atom. The number of hydrogen-bond acceptors (Lipinski definition) is 1. The van der Waals surface area contributed by atoms with Crippen LogP contribution in [0, 0.1) is 13.8 Å². The van der Waals surface area contributed by atoms with Gasteiger partial charge in [-0.1, -0.05) is 33.1 Å². The minimum absolute atomic E-state index is 0.564. The van der Waals surface area contributed by atoms with E-state index < -0.39 is 0 Å². The standard InChI is InChI=1S/C15H25NO/c1-5-7-9-15(8-6-2)16-12(3)10-14(11-17)13(16)4/h10-11,15H,5-9H2,1-4H3. The molecule has 1 rings (SSSR count). The second-order valence-corrected chi connectivity index (χ2v) is 4.90. The largest absolute Gasteiger partial charge is 0.345 e. The first-order chi connectivity index (χ1) is 8.15. The summed E-state index contributed by atoms with van der Waals surface area (Å²) in [6, 6.07) is 2.57. The summed E-state index contributed by atoms with van der Waals surface area (Å²) < 4.78 is 2.36. The van der Waals surface area contributed by atoms with Gasteiger partial charge in [-0.15, -0.1) is 0 Å². The van der Waals surface area contributed by atoms with E-state index in [0.29, 0.717) is 6.04 Å². The van der Waals surface area contributed by atoms with Gasteiger partial charge in [-0.3, -0.25) is 4.79 Å². The third-order valence-corrected chi connectivity index (χ3v) is 3.53. The number of rotatable bonds is 7. The number of aldehydes is 1. The molecule has 96 valence electrons. The maximum absolute atomic E-state index is 11.0. The topological polar surface area (TPSA) is 22.0 Å². The van der Waals surface area contributed by atoms with E-state index in [2.05, 4.69) is 32.3 Å². The van der Waals surface area contributed by atoms with Crippen LogP contribution in [-0.4, -0.2) is 10.9 Å². The Balaban J connectivity index is 2.99. The Hall–Kier alpha value is -1.05. The van der Waals surface area contributed by atoms with Gasteiger partial charge in [-0.25, -0.2) is 0 Å². The summed E-state index contributed by atoms with van der Waals surface area (Å²) in [5, 5.41) is 0. The van der Waals surface area contributed by atoms with E-state index in [0.717, 1.165) is 17.5 Å². The Labute approximate surface area is 105 Å². The molecule has 0 bridgehead atoms. The van der Waals surface area contributed by atoms with Crippen LogP contribution < -0.4 is 0 Å². The fourth-order valence-electron chi connectivity index (χ4n) is 2.66. The molecule has 0 amide bonds. The zero-order chi connectivity index (χ0) is 12.8. The molecule has 1 aromatic heterocycles. The highest BCUT2D eigenvalue weighted by Gasteiger charge is 2.16. The number of aryl methyl sites for hydroxylation is 1. The van der Waals surface area contributed by atoms with Crippen molar-refractivity contribution in [3.05, 3.63) is 23.0 Å². The second kappa shape index (κ2) is 6.63. The minimum Gasteiger partial charge on any atom is -0.345 e. The van der Waals surface area contributed by atoms with Crippen LogP contribution in [0.5, 0.6) is 0 Å². The molecule has 17 heavy (non-hydrogen) atoms. The van der Waals surface area contributed by atoms with Crippen molar-refractivity contribution in [2.24, 2.45) is 0 Å². The number of carbonyl (C=O) groups is 1. The van der Waals surface area contributed by atoms with E-state index >= 15 is 0 Å². The first-order valence-corrected chi connectivity index (χ1v) is 6.79. The zero-order valence-electron chi connectivity index (χ0n) is 11.6. The van der Waals surface area contributed by atoms with Gasteiger partial charge >= 0.3 is 0 Å². The van der Waals surface area contributed by atoms with Crippen LogP contribution in [0.25, 0.3) is 0 Å². The third kappa shape index (κ3) is 3.21. The molecule has 0 saturated carbocycles. The van der Waals surface area contributed by atoms with Gasteiger partial charge in [0.2, 0.25) is 0 Å². The molecule has 1 aromatic rings. The van der Waals surface area contributed by atoms with Crippen LogP contribution in [-0.2, 0) is 0 Å². The summed E-state index contributed by atoms with van der Waals surface area (Å²) in [6.45, 7) is 8.63. The van der Waals surface area contributed by atoms with Crippen LogP contribution in [0.2, 0.25) is 0 Å². The SMILES string of the molecule is CCCCC(CCC)n1c(C)cc(C=O)c1C. The van der Waals surface area contributed by atoms with Crippen molar-refractivity contribution in [1.29, 1.82) is 0 Å². The average Bonchev–Trinajstić information content (AvgIpc) is 2.60. The first kappa shape index (κ1) is 14.0. The van der Waals surface area contributed by atoms with Gasteiger partial charge < -0.3 is 4.57 Å². The lowest BCUT2D eigenvalue weighted by atomic mass is 10.0. The fourth-order valence-corrected chi connectivity index (χ4v) is 2.66. The molecule has 0 radical (unpaired) electrons. The Bertz CT molecular complexity index is 365. The van der Waals surface area contributed by atoms with Crippen LogP contribution in [0.15, 0.2) is 6.07 Å². The van der Waals surface area contributed by atoms with Gasteiger partial charge in [0.15, 0.2) is 6.29 Å². The first-order valence-electron chi connectivity index (χ1n) is 6.79. The van der Waals surface area contributed by atoms with E-state index in [1.165, 1.54) is 37.8 Å². The summed E-state index contributed by atoms with van der Waals surface area (Å²) >= 11 is 0. The van der Waals surface area contributed by atoms with Gasteiger partial charge in [0.1, 0.15) is 0 Å². The molecule has 0 aromatic carbocycles. The van der Waals surface area contributed by atoms with Gasteiger partial charge in [-0.2, -0.15) is 0 Å². The number of nitrogens with zero attached hydrogens (tertiary/aromatic N) is 1. The lowest BCUT2D eigenvalue weighted by molar-refractivity contribution is 0.112. The summed E-state index contributed by atoms with van der Waals surface area (Å²) in [4.78, 5) is 11.0. The van der Waals surface area contributed by atoms with Crippen LogP contribution in [0.4, 0.5) is 0 Å². The molecule has 0 aliphatic carbocycles.